The average molecular weight is 501 g/mol. The topological polar surface area (TPSA) is 153 Å². The Labute approximate surface area is 203 Å². The SMILES string of the molecule is CC(Nc1cc(C(N)=O)nc(-c2ccc3c(c2)OC[C@H](O)[C@H]3c2ccc(C(F)(F)F)cc2)n1)C(N)=O. The second-order valence-electron chi connectivity index (χ2n) is 8.32. The fraction of sp³-hybridized carbons (Fsp3) is 0.250. The van der Waals surface area contributed by atoms with Gasteiger partial charge in [-0.2, -0.15) is 13.2 Å². The number of primary amides is 2. The molecule has 2 heterocycles. The van der Waals surface area contributed by atoms with Gasteiger partial charge < -0.3 is 26.6 Å². The number of aliphatic hydroxyl groups is 1. The molecule has 0 radical (unpaired) electrons. The van der Waals surface area contributed by atoms with Gasteiger partial charge in [-0.1, -0.05) is 24.3 Å². The van der Waals surface area contributed by atoms with Crippen LogP contribution in [0.1, 0.15) is 40.0 Å². The summed E-state index contributed by atoms with van der Waals surface area (Å²) in [5.74, 6) is -1.45. The Bertz CT molecular complexity index is 1310. The van der Waals surface area contributed by atoms with Crippen molar-refractivity contribution in [3.05, 3.63) is 70.9 Å². The predicted molar refractivity (Wildman–Crippen MR) is 123 cm³/mol. The second-order valence-corrected chi connectivity index (χ2v) is 8.32. The molecule has 0 bridgehead atoms. The summed E-state index contributed by atoms with van der Waals surface area (Å²) in [7, 11) is 0. The number of amides is 2. The molecule has 188 valence electrons. The van der Waals surface area contributed by atoms with Crippen molar-refractivity contribution in [3.63, 3.8) is 0 Å². The van der Waals surface area contributed by atoms with E-state index in [0.29, 0.717) is 22.4 Å². The van der Waals surface area contributed by atoms with Gasteiger partial charge in [0.05, 0.1) is 11.7 Å². The lowest BCUT2D eigenvalue weighted by atomic mass is 9.84. The first-order valence-electron chi connectivity index (χ1n) is 10.8. The molecule has 36 heavy (non-hydrogen) atoms. The monoisotopic (exact) mass is 501 g/mol. The number of aromatic nitrogens is 2. The lowest BCUT2D eigenvalue weighted by molar-refractivity contribution is -0.137. The third-order valence-corrected chi connectivity index (χ3v) is 5.77. The van der Waals surface area contributed by atoms with E-state index < -0.39 is 41.6 Å². The Morgan fingerprint density at radius 2 is 1.81 bits per heavy atom. The zero-order valence-electron chi connectivity index (χ0n) is 18.9. The highest BCUT2D eigenvalue weighted by atomic mass is 19.4. The summed E-state index contributed by atoms with van der Waals surface area (Å²) in [6, 6.07) is 9.97. The number of hydrogen-bond donors (Lipinski definition) is 4. The van der Waals surface area contributed by atoms with Crippen LogP contribution in [0.15, 0.2) is 48.5 Å². The number of carbonyl (C=O) groups is 2. The number of nitrogens with one attached hydrogen (secondary N) is 1. The normalized spacial score (nSPS) is 18.0. The van der Waals surface area contributed by atoms with Crippen molar-refractivity contribution >= 4 is 17.6 Å². The van der Waals surface area contributed by atoms with Crippen LogP contribution in [-0.2, 0) is 11.0 Å². The van der Waals surface area contributed by atoms with Gasteiger partial charge in [-0.15, -0.1) is 0 Å². The fourth-order valence-electron chi connectivity index (χ4n) is 3.88. The molecule has 9 nitrogen and oxygen atoms in total. The Hall–Kier alpha value is -4.19. The summed E-state index contributed by atoms with van der Waals surface area (Å²) in [5.41, 5.74) is 11.3. The Kier molecular flexibility index (Phi) is 6.55. The molecule has 4 rings (SSSR count). The summed E-state index contributed by atoms with van der Waals surface area (Å²) in [5, 5.41) is 13.4. The van der Waals surface area contributed by atoms with Crippen molar-refractivity contribution in [1.29, 1.82) is 0 Å². The van der Waals surface area contributed by atoms with Crippen molar-refractivity contribution in [2.75, 3.05) is 11.9 Å². The van der Waals surface area contributed by atoms with E-state index in [9.17, 15) is 27.9 Å². The van der Waals surface area contributed by atoms with Crippen LogP contribution in [0.3, 0.4) is 0 Å². The van der Waals surface area contributed by atoms with E-state index in [-0.39, 0.29) is 23.9 Å². The van der Waals surface area contributed by atoms with Gasteiger partial charge in [0.1, 0.15) is 29.9 Å². The van der Waals surface area contributed by atoms with Crippen LogP contribution in [0.25, 0.3) is 11.4 Å². The van der Waals surface area contributed by atoms with Crippen molar-refractivity contribution in [2.45, 2.75) is 31.2 Å². The minimum absolute atomic E-state index is 0.0900. The Morgan fingerprint density at radius 3 is 2.42 bits per heavy atom. The number of carbonyl (C=O) groups excluding carboxylic acids is 2. The largest absolute Gasteiger partial charge is 0.491 e. The van der Waals surface area contributed by atoms with E-state index in [1.165, 1.54) is 25.1 Å². The minimum atomic E-state index is -4.47. The molecule has 1 aromatic heterocycles. The van der Waals surface area contributed by atoms with Gasteiger partial charge in [0.2, 0.25) is 5.91 Å². The number of alkyl halides is 3. The molecule has 2 amide bonds. The Morgan fingerprint density at radius 1 is 1.11 bits per heavy atom. The first kappa shape index (κ1) is 24.9. The zero-order valence-corrected chi connectivity index (χ0v) is 18.9. The molecule has 0 saturated heterocycles. The molecule has 2 aromatic carbocycles. The van der Waals surface area contributed by atoms with Gasteiger partial charge in [0.25, 0.3) is 5.91 Å². The molecule has 1 unspecified atom stereocenters. The van der Waals surface area contributed by atoms with Gasteiger partial charge >= 0.3 is 6.18 Å². The minimum Gasteiger partial charge on any atom is -0.491 e. The number of nitrogens with zero attached hydrogens (tertiary/aromatic N) is 2. The van der Waals surface area contributed by atoms with Crippen LogP contribution < -0.4 is 21.5 Å². The molecule has 0 aliphatic carbocycles. The van der Waals surface area contributed by atoms with Crippen molar-refractivity contribution < 1.29 is 32.6 Å². The lowest BCUT2D eigenvalue weighted by Gasteiger charge is -2.31. The summed E-state index contributed by atoms with van der Waals surface area (Å²) in [6.45, 7) is 1.43. The van der Waals surface area contributed by atoms with E-state index in [1.54, 1.807) is 18.2 Å². The number of rotatable bonds is 6. The van der Waals surface area contributed by atoms with E-state index in [4.69, 9.17) is 16.2 Å². The molecular formula is C24H22F3N5O4. The number of nitrogens with two attached hydrogens (primary N) is 2. The maximum Gasteiger partial charge on any atom is 0.416 e. The average Bonchev–Trinajstić information content (AvgIpc) is 2.83. The highest BCUT2D eigenvalue weighted by molar-refractivity contribution is 5.92. The van der Waals surface area contributed by atoms with E-state index in [0.717, 1.165) is 12.1 Å². The van der Waals surface area contributed by atoms with Gasteiger partial charge in [-0.05, 0) is 30.7 Å². The van der Waals surface area contributed by atoms with Crippen molar-refractivity contribution in [3.8, 4) is 17.1 Å². The first-order chi connectivity index (χ1) is 16.9. The van der Waals surface area contributed by atoms with Crippen LogP contribution in [0.2, 0.25) is 0 Å². The third-order valence-electron chi connectivity index (χ3n) is 5.77. The second kappa shape index (κ2) is 9.46. The van der Waals surface area contributed by atoms with Gasteiger partial charge in [-0.25, -0.2) is 9.97 Å². The van der Waals surface area contributed by atoms with Crippen LogP contribution in [0, 0.1) is 0 Å². The van der Waals surface area contributed by atoms with E-state index in [2.05, 4.69) is 15.3 Å². The quantitative estimate of drug-likeness (QED) is 0.405. The maximum atomic E-state index is 13.0. The summed E-state index contributed by atoms with van der Waals surface area (Å²) in [4.78, 5) is 31.7. The van der Waals surface area contributed by atoms with Gasteiger partial charge in [-0.3, -0.25) is 9.59 Å². The number of aliphatic hydroxyl groups excluding tert-OH is 1. The fourth-order valence-corrected chi connectivity index (χ4v) is 3.88. The number of fused-ring (bicyclic) bond motifs is 1. The lowest BCUT2D eigenvalue weighted by Crippen LogP contribution is -2.33. The molecule has 0 saturated carbocycles. The number of hydrogen-bond acceptors (Lipinski definition) is 7. The molecule has 12 heteroatoms. The smallest absolute Gasteiger partial charge is 0.416 e. The molecular weight excluding hydrogens is 479 g/mol. The van der Waals surface area contributed by atoms with Crippen LogP contribution in [0.5, 0.6) is 5.75 Å². The maximum absolute atomic E-state index is 13.0. The predicted octanol–water partition coefficient (Wildman–Crippen LogP) is 2.43. The molecule has 0 fully saturated rings. The summed E-state index contributed by atoms with van der Waals surface area (Å²) < 4.78 is 44.6. The van der Waals surface area contributed by atoms with Crippen LogP contribution in [0.4, 0.5) is 19.0 Å². The van der Waals surface area contributed by atoms with Crippen molar-refractivity contribution in [2.24, 2.45) is 11.5 Å². The molecule has 3 aromatic rings. The Balaban J connectivity index is 1.71. The molecule has 1 aliphatic rings. The molecule has 6 N–H and O–H groups in total. The third kappa shape index (κ3) is 5.08. The number of anilines is 1. The van der Waals surface area contributed by atoms with Crippen LogP contribution in [-0.4, -0.2) is 45.6 Å². The summed E-state index contributed by atoms with van der Waals surface area (Å²) in [6.07, 6.45) is -5.46. The van der Waals surface area contributed by atoms with Crippen molar-refractivity contribution in [1.82, 2.24) is 9.97 Å². The standard InChI is InChI=1S/C24H22F3N5O4/c1-11(21(28)34)30-19-9-16(22(29)35)31-23(32-19)13-4-7-15-18(8-13)36-10-17(33)20(15)12-2-5-14(6-3-12)24(25,26)27/h2-9,11,17,20,33H,10H2,1H3,(H2,28,34)(H2,29,35)(H,30,31,32)/t11?,17-,20-/m0/s1. The number of benzene rings is 2. The zero-order chi connectivity index (χ0) is 26.2. The first-order valence-corrected chi connectivity index (χ1v) is 10.8. The van der Waals surface area contributed by atoms with Gasteiger partial charge in [0, 0.05) is 23.1 Å². The highest BCUT2D eigenvalue weighted by Gasteiger charge is 2.34. The molecule has 0 spiro atoms. The number of halogens is 3. The molecule has 3 atom stereocenters. The van der Waals surface area contributed by atoms with E-state index in [1.807, 2.05) is 0 Å². The highest BCUT2D eigenvalue weighted by Crippen LogP contribution is 2.41. The molecule has 1 aliphatic heterocycles. The summed E-state index contributed by atoms with van der Waals surface area (Å²) >= 11 is 0. The van der Waals surface area contributed by atoms with E-state index >= 15 is 0 Å². The van der Waals surface area contributed by atoms with Crippen LogP contribution >= 0.6 is 0 Å². The van der Waals surface area contributed by atoms with Gasteiger partial charge in [0.15, 0.2) is 5.82 Å². The number of ether oxygens (including phenoxy) is 1.